The van der Waals surface area contributed by atoms with Crippen LogP contribution < -0.4 is 10.1 Å². The number of halogens is 3. The first-order chi connectivity index (χ1) is 12.3. The highest BCUT2D eigenvalue weighted by atomic mass is 19.4. The Morgan fingerprint density at radius 1 is 0.962 bits per heavy atom. The summed E-state index contributed by atoms with van der Waals surface area (Å²) < 4.78 is 43.3. The zero-order chi connectivity index (χ0) is 18.7. The van der Waals surface area contributed by atoms with E-state index in [1.807, 2.05) is 36.4 Å². The first-order valence-corrected chi connectivity index (χ1v) is 7.96. The van der Waals surface area contributed by atoms with Crippen LogP contribution in [0.2, 0.25) is 0 Å². The molecule has 0 fully saturated rings. The highest BCUT2D eigenvalue weighted by Crippen LogP contribution is 2.30. The van der Waals surface area contributed by atoms with Crippen molar-refractivity contribution >= 4 is 22.4 Å². The number of fused-ring (bicyclic) bond motifs is 1. The molecule has 0 heterocycles. The van der Waals surface area contributed by atoms with E-state index in [1.165, 1.54) is 12.1 Å². The number of rotatable bonds is 4. The second-order valence-electron chi connectivity index (χ2n) is 5.83. The molecular formula is C20H16F3NO2. The van der Waals surface area contributed by atoms with Crippen LogP contribution in [0.5, 0.6) is 5.75 Å². The molecule has 0 bridgehead atoms. The Kier molecular flexibility index (Phi) is 4.84. The molecule has 26 heavy (non-hydrogen) atoms. The number of carbonyl (C=O) groups is 1. The van der Waals surface area contributed by atoms with Gasteiger partial charge in [0.2, 0.25) is 0 Å². The molecule has 1 atom stereocenters. The van der Waals surface area contributed by atoms with Crippen LogP contribution in [-0.4, -0.2) is 12.0 Å². The number of anilines is 1. The minimum Gasteiger partial charge on any atom is -0.481 e. The molecule has 3 aromatic rings. The SMILES string of the molecule is CC(Oc1ccc2ccccc2c1)C(=O)Nc1ccc(C(F)(F)F)cc1. The molecule has 0 radical (unpaired) electrons. The highest BCUT2D eigenvalue weighted by Gasteiger charge is 2.30. The summed E-state index contributed by atoms with van der Waals surface area (Å²) in [5.74, 6) is 0.0942. The normalized spacial score (nSPS) is 12.6. The van der Waals surface area contributed by atoms with Crippen LogP contribution >= 0.6 is 0 Å². The van der Waals surface area contributed by atoms with Gasteiger partial charge in [0.15, 0.2) is 6.10 Å². The highest BCUT2D eigenvalue weighted by molar-refractivity contribution is 5.94. The summed E-state index contributed by atoms with van der Waals surface area (Å²) in [6.07, 6.45) is -5.21. The van der Waals surface area contributed by atoms with Crippen molar-refractivity contribution in [3.8, 4) is 5.75 Å². The average Bonchev–Trinajstić information content (AvgIpc) is 2.61. The molecule has 1 unspecified atom stereocenters. The van der Waals surface area contributed by atoms with Gasteiger partial charge in [0.1, 0.15) is 5.75 Å². The van der Waals surface area contributed by atoms with E-state index in [9.17, 15) is 18.0 Å². The molecule has 0 saturated carbocycles. The molecule has 3 nitrogen and oxygen atoms in total. The molecule has 3 rings (SSSR count). The lowest BCUT2D eigenvalue weighted by atomic mass is 10.1. The van der Waals surface area contributed by atoms with Gasteiger partial charge in [0.05, 0.1) is 5.56 Å². The van der Waals surface area contributed by atoms with Crippen LogP contribution in [0, 0.1) is 0 Å². The van der Waals surface area contributed by atoms with Gasteiger partial charge >= 0.3 is 6.18 Å². The van der Waals surface area contributed by atoms with Gasteiger partial charge in [-0.1, -0.05) is 30.3 Å². The maximum absolute atomic E-state index is 12.6. The van der Waals surface area contributed by atoms with Crippen LogP contribution in [-0.2, 0) is 11.0 Å². The average molecular weight is 359 g/mol. The van der Waals surface area contributed by atoms with Crippen molar-refractivity contribution in [2.24, 2.45) is 0 Å². The molecule has 0 aliphatic carbocycles. The van der Waals surface area contributed by atoms with Crippen molar-refractivity contribution in [2.75, 3.05) is 5.32 Å². The molecule has 1 amide bonds. The monoisotopic (exact) mass is 359 g/mol. The number of hydrogen-bond donors (Lipinski definition) is 1. The van der Waals surface area contributed by atoms with Crippen molar-refractivity contribution in [3.05, 3.63) is 72.3 Å². The van der Waals surface area contributed by atoms with E-state index < -0.39 is 23.8 Å². The summed E-state index contributed by atoms with van der Waals surface area (Å²) in [6, 6.07) is 17.5. The Bertz CT molecular complexity index is 920. The fraction of sp³-hybridized carbons (Fsp3) is 0.150. The first-order valence-electron chi connectivity index (χ1n) is 7.96. The van der Waals surface area contributed by atoms with Gasteiger partial charge in [-0.2, -0.15) is 13.2 Å². The Balaban J connectivity index is 1.65. The van der Waals surface area contributed by atoms with Crippen LogP contribution in [0.1, 0.15) is 12.5 Å². The lowest BCUT2D eigenvalue weighted by Crippen LogP contribution is -2.30. The number of ether oxygens (including phenoxy) is 1. The third kappa shape index (κ3) is 4.14. The second-order valence-corrected chi connectivity index (χ2v) is 5.83. The fourth-order valence-corrected chi connectivity index (χ4v) is 2.48. The number of carbonyl (C=O) groups excluding carboxylic acids is 1. The minimum atomic E-state index is -4.41. The third-order valence-corrected chi connectivity index (χ3v) is 3.88. The van der Waals surface area contributed by atoms with Crippen molar-refractivity contribution in [3.63, 3.8) is 0 Å². The van der Waals surface area contributed by atoms with Gasteiger partial charge in [0, 0.05) is 5.69 Å². The van der Waals surface area contributed by atoms with Crippen molar-refractivity contribution in [1.82, 2.24) is 0 Å². The summed E-state index contributed by atoms with van der Waals surface area (Å²) in [4.78, 5) is 12.2. The fourth-order valence-electron chi connectivity index (χ4n) is 2.48. The predicted molar refractivity (Wildman–Crippen MR) is 94.1 cm³/mol. The maximum Gasteiger partial charge on any atom is 0.416 e. The topological polar surface area (TPSA) is 38.3 Å². The van der Waals surface area contributed by atoms with Crippen molar-refractivity contribution < 1.29 is 22.7 Å². The summed E-state index contributed by atoms with van der Waals surface area (Å²) in [7, 11) is 0. The van der Waals surface area contributed by atoms with Crippen LogP contribution in [0.4, 0.5) is 18.9 Å². The number of alkyl halides is 3. The van der Waals surface area contributed by atoms with Crippen molar-refractivity contribution in [1.29, 1.82) is 0 Å². The van der Waals surface area contributed by atoms with E-state index in [-0.39, 0.29) is 5.69 Å². The van der Waals surface area contributed by atoms with E-state index in [0.717, 1.165) is 22.9 Å². The molecule has 0 aliphatic rings. The number of amides is 1. The Hall–Kier alpha value is -3.02. The summed E-state index contributed by atoms with van der Waals surface area (Å²) in [5, 5.41) is 4.59. The lowest BCUT2D eigenvalue weighted by molar-refractivity contribution is -0.137. The van der Waals surface area contributed by atoms with E-state index in [0.29, 0.717) is 5.75 Å². The molecule has 0 saturated heterocycles. The van der Waals surface area contributed by atoms with Crippen LogP contribution in [0.25, 0.3) is 10.8 Å². The molecule has 0 spiro atoms. The van der Waals surface area contributed by atoms with Gasteiger partial charge in [-0.05, 0) is 54.1 Å². The predicted octanol–water partition coefficient (Wildman–Crippen LogP) is 5.26. The summed E-state index contributed by atoms with van der Waals surface area (Å²) >= 11 is 0. The van der Waals surface area contributed by atoms with Gasteiger partial charge < -0.3 is 10.1 Å². The molecule has 134 valence electrons. The zero-order valence-electron chi connectivity index (χ0n) is 13.9. The van der Waals surface area contributed by atoms with Gasteiger partial charge in [-0.3, -0.25) is 4.79 Å². The first kappa shape index (κ1) is 17.8. The number of nitrogens with one attached hydrogen (secondary N) is 1. The molecule has 3 aromatic carbocycles. The Morgan fingerprint density at radius 2 is 1.62 bits per heavy atom. The summed E-state index contributed by atoms with van der Waals surface area (Å²) in [6.45, 7) is 1.58. The lowest BCUT2D eigenvalue weighted by Gasteiger charge is -2.15. The third-order valence-electron chi connectivity index (χ3n) is 3.88. The summed E-state index contributed by atoms with van der Waals surface area (Å²) in [5.41, 5.74) is -0.493. The van der Waals surface area contributed by atoms with E-state index in [1.54, 1.807) is 13.0 Å². The van der Waals surface area contributed by atoms with Crippen LogP contribution in [0.15, 0.2) is 66.7 Å². The van der Waals surface area contributed by atoms with Crippen LogP contribution in [0.3, 0.4) is 0 Å². The standard InChI is InChI=1S/C20H16F3NO2/c1-13(26-18-11-6-14-4-2-3-5-15(14)12-18)19(25)24-17-9-7-16(8-10-17)20(21,22)23/h2-13H,1H3,(H,24,25). The molecule has 1 N–H and O–H groups in total. The minimum absolute atomic E-state index is 0.275. The second kappa shape index (κ2) is 7.07. The number of benzene rings is 3. The molecule has 0 aromatic heterocycles. The van der Waals surface area contributed by atoms with E-state index in [4.69, 9.17) is 4.74 Å². The Labute approximate surface area is 148 Å². The zero-order valence-corrected chi connectivity index (χ0v) is 13.9. The van der Waals surface area contributed by atoms with E-state index >= 15 is 0 Å². The van der Waals surface area contributed by atoms with E-state index in [2.05, 4.69) is 5.32 Å². The smallest absolute Gasteiger partial charge is 0.416 e. The van der Waals surface area contributed by atoms with Gasteiger partial charge in [0.25, 0.3) is 5.91 Å². The van der Waals surface area contributed by atoms with Gasteiger partial charge in [-0.25, -0.2) is 0 Å². The van der Waals surface area contributed by atoms with Crippen molar-refractivity contribution in [2.45, 2.75) is 19.2 Å². The Morgan fingerprint density at radius 3 is 2.27 bits per heavy atom. The number of hydrogen-bond acceptors (Lipinski definition) is 2. The molecule has 6 heteroatoms. The van der Waals surface area contributed by atoms with Gasteiger partial charge in [-0.15, -0.1) is 0 Å². The quantitative estimate of drug-likeness (QED) is 0.690. The maximum atomic E-state index is 12.6. The molecule has 0 aliphatic heterocycles. The molecular weight excluding hydrogens is 343 g/mol. The largest absolute Gasteiger partial charge is 0.481 e.